The highest BCUT2D eigenvalue weighted by atomic mass is 35.5. The van der Waals surface area contributed by atoms with Crippen LogP contribution in [0.1, 0.15) is 17.1 Å². The monoisotopic (exact) mass is 280 g/mol. The number of nitrogens with one attached hydrogen (secondary N) is 2. The SMILES string of the molecule is Cc1nn(C)c(Cl)c1/C=C/C(=O)NCc1ncn[nH]1. The van der Waals surface area contributed by atoms with Crippen LogP contribution >= 0.6 is 11.6 Å². The average molecular weight is 281 g/mol. The molecule has 0 atom stereocenters. The maximum atomic E-state index is 11.6. The zero-order valence-corrected chi connectivity index (χ0v) is 11.3. The van der Waals surface area contributed by atoms with Gasteiger partial charge in [-0.25, -0.2) is 4.98 Å². The predicted octanol–water partition coefficient (Wildman–Crippen LogP) is 0.830. The molecule has 100 valence electrons. The molecule has 0 aliphatic carbocycles. The van der Waals surface area contributed by atoms with E-state index in [1.165, 1.54) is 12.4 Å². The Labute approximate surface area is 114 Å². The Morgan fingerprint density at radius 3 is 3.00 bits per heavy atom. The lowest BCUT2D eigenvalue weighted by molar-refractivity contribution is -0.116. The summed E-state index contributed by atoms with van der Waals surface area (Å²) in [6.45, 7) is 2.13. The van der Waals surface area contributed by atoms with Crippen LogP contribution in [-0.2, 0) is 18.4 Å². The third-order valence-corrected chi connectivity index (χ3v) is 2.94. The summed E-state index contributed by atoms with van der Waals surface area (Å²) in [5.74, 6) is 0.355. The van der Waals surface area contributed by atoms with Crippen molar-refractivity contribution in [3.05, 3.63) is 34.6 Å². The number of nitrogens with zero attached hydrogens (tertiary/aromatic N) is 4. The summed E-state index contributed by atoms with van der Waals surface area (Å²) in [5, 5.41) is 13.7. The van der Waals surface area contributed by atoms with Gasteiger partial charge in [0.2, 0.25) is 5.91 Å². The minimum Gasteiger partial charge on any atom is -0.345 e. The number of hydrogen-bond donors (Lipinski definition) is 2. The third-order valence-electron chi connectivity index (χ3n) is 2.49. The largest absolute Gasteiger partial charge is 0.345 e. The van der Waals surface area contributed by atoms with Gasteiger partial charge in [-0.2, -0.15) is 10.2 Å². The standard InChI is InChI=1S/C11H13ClN6O/c1-7-8(11(12)18(2)17-7)3-4-10(19)13-5-9-14-6-15-16-9/h3-4,6H,5H2,1-2H3,(H,13,19)(H,14,15,16)/b4-3+. The molecule has 0 bridgehead atoms. The molecular weight excluding hydrogens is 268 g/mol. The van der Waals surface area contributed by atoms with Gasteiger partial charge in [0.25, 0.3) is 0 Å². The summed E-state index contributed by atoms with van der Waals surface area (Å²) in [7, 11) is 1.75. The molecule has 1 amide bonds. The smallest absolute Gasteiger partial charge is 0.244 e. The second-order valence-corrected chi connectivity index (χ2v) is 4.25. The molecule has 0 saturated heterocycles. The van der Waals surface area contributed by atoms with Crippen LogP contribution < -0.4 is 5.32 Å². The number of amides is 1. The molecule has 0 unspecified atom stereocenters. The second kappa shape index (κ2) is 5.66. The minimum absolute atomic E-state index is 0.240. The Bertz CT molecular complexity index is 601. The van der Waals surface area contributed by atoms with Gasteiger partial charge in [0, 0.05) is 18.7 Å². The van der Waals surface area contributed by atoms with E-state index in [-0.39, 0.29) is 5.91 Å². The Morgan fingerprint density at radius 2 is 2.42 bits per heavy atom. The molecule has 0 aromatic carbocycles. The van der Waals surface area contributed by atoms with Crippen molar-refractivity contribution in [1.29, 1.82) is 0 Å². The number of carbonyl (C=O) groups excluding carboxylic acids is 1. The van der Waals surface area contributed by atoms with E-state index in [4.69, 9.17) is 11.6 Å². The van der Waals surface area contributed by atoms with Crippen molar-refractivity contribution in [1.82, 2.24) is 30.3 Å². The molecule has 2 aromatic rings. The van der Waals surface area contributed by atoms with Crippen molar-refractivity contribution in [2.24, 2.45) is 7.05 Å². The van der Waals surface area contributed by atoms with Crippen LogP contribution in [0.25, 0.3) is 6.08 Å². The van der Waals surface area contributed by atoms with Gasteiger partial charge in [-0.3, -0.25) is 14.6 Å². The van der Waals surface area contributed by atoms with Crippen LogP contribution in [0.15, 0.2) is 12.4 Å². The van der Waals surface area contributed by atoms with E-state index >= 15 is 0 Å². The van der Waals surface area contributed by atoms with E-state index in [9.17, 15) is 4.79 Å². The van der Waals surface area contributed by atoms with Crippen molar-refractivity contribution in [3.63, 3.8) is 0 Å². The van der Waals surface area contributed by atoms with Crippen LogP contribution in [-0.4, -0.2) is 30.9 Å². The summed E-state index contributed by atoms with van der Waals surface area (Å²) in [6, 6.07) is 0. The number of carbonyl (C=O) groups is 1. The average Bonchev–Trinajstić information content (AvgIpc) is 2.96. The summed E-state index contributed by atoms with van der Waals surface area (Å²) in [6.07, 6.45) is 4.43. The van der Waals surface area contributed by atoms with Crippen LogP contribution in [0.4, 0.5) is 0 Å². The van der Waals surface area contributed by atoms with Crippen molar-refractivity contribution in [2.45, 2.75) is 13.5 Å². The topological polar surface area (TPSA) is 88.5 Å². The molecule has 2 heterocycles. The van der Waals surface area contributed by atoms with E-state index in [1.54, 1.807) is 17.8 Å². The lowest BCUT2D eigenvalue weighted by atomic mass is 10.2. The molecule has 0 aliphatic heterocycles. The molecule has 2 N–H and O–H groups in total. The first-order chi connectivity index (χ1) is 9.08. The number of rotatable bonds is 4. The molecule has 0 saturated carbocycles. The quantitative estimate of drug-likeness (QED) is 0.812. The molecule has 2 aromatic heterocycles. The van der Waals surface area contributed by atoms with Gasteiger partial charge < -0.3 is 5.32 Å². The van der Waals surface area contributed by atoms with Crippen LogP contribution in [0.3, 0.4) is 0 Å². The zero-order chi connectivity index (χ0) is 13.8. The summed E-state index contributed by atoms with van der Waals surface area (Å²) in [5.41, 5.74) is 1.51. The highest BCUT2D eigenvalue weighted by molar-refractivity contribution is 6.31. The number of halogens is 1. The molecule has 0 radical (unpaired) electrons. The third kappa shape index (κ3) is 3.19. The molecule has 8 heteroatoms. The molecule has 7 nitrogen and oxygen atoms in total. The first-order valence-corrected chi connectivity index (χ1v) is 5.95. The summed E-state index contributed by atoms with van der Waals surface area (Å²) < 4.78 is 1.56. The van der Waals surface area contributed by atoms with Gasteiger partial charge in [0.1, 0.15) is 17.3 Å². The van der Waals surface area contributed by atoms with Crippen LogP contribution in [0.5, 0.6) is 0 Å². The van der Waals surface area contributed by atoms with E-state index in [0.717, 1.165) is 11.3 Å². The first kappa shape index (κ1) is 13.3. The lowest BCUT2D eigenvalue weighted by Crippen LogP contribution is -2.20. The van der Waals surface area contributed by atoms with Gasteiger partial charge in [-0.15, -0.1) is 0 Å². The number of H-pyrrole nitrogens is 1. The van der Waals surface area contributed by atoms with Gasteiger partial charge in [0.15, 0.2) is 0 Å². The van der Waals surface area contributed by atoms with Crippen molar-refractivity contribution < 1.29 is 4.79 Å². The molecule has 0 aliphatic rings. The van der Waals surface area contributed by atoms with Gasteiger partial charge in [0.05, 0.1) is 12.2 Å². The Hall–Kier alpha value is -2.15. The van der Waals surface area contributed by atoms with Crippen LogP contribution in [0.2, 0.25) is 5.15 Å². The molecule has 0 spiro atoms. The minimum atomic E-state index is -0.240. The molecular formula is C11H13ClN6O. The normalized spacial score (nSPS) is 11.1. The van der Waals surface area contributed by atoms with Crippen LogP contribution in [0, 0.1) is 6.92 Å². The van der Waals surface area contributed by atoms with E-state index in [0.29, 0.717) is 17.5 Å². The number of hydrogen-bond acceptors (Lipinski definition) is 4. The zero-order valence-electron chi connectivity index (χ0n) is 10.5. The number of aryl methyl sites for hydroxylation is 2. The fourth-order valence-electron chi connectivity index (χ4n) is 1.54. The van der Waals surface area contributed by atoms with Crippen molar-refractivity contribution >= 4 is 23.6 Å². The lowest BCUT2D eigenvalue weighted by Gasteiger charge is -1.98. The highest BCUT2D eigenvalue weighted by Crippen LogP contribution is 2.19. The maximum absolute atomic E-state index is 11.6. The van der Waals surface area contributed by atoms with E-state index < -0.39 is 0 Å². The van der Waals surface area contributed by atoms with Gasteiger partial charge in [-0.05, 0) is 13.0 Å². The predicted molar refractivity (Wildman–Crippen MR) is 70.2 cm³/mol. The van der Waals surface area contributed by atoms with Crippen molar-refractivity contribution in [3.8, 4) is 0 Å². The Balaban J connectivity index is 1.96. The van der Waals surface area contributed by atoms with E-state index in [1.807, 2.05) is 6.92 Å². The second-order valence-electron chi connectivity index (χ2n) is 3.90. The fourth-order valence-corrected chi connectivity index (χ4v) is 1.78. The molecule has 2 rings (SSSR count). The Kier molecular flexibility index (Phi) is 3.96. The van der Waals surface area contributed by atoms with Gasteiger partial charge in [-0.1, -0.05) is 11.6 Å². The summed E-state index contributed by atoms with van der Waals surface area (Å²) in [4.78, 5) is 15.5. The molecule has 0 fully saturated rings. The van der Waals surface area contributed by atoms with E-state index in [2.05, 4.69) is 25.6 Å². The fraction of sp³-hybridized carbons (Fsp3) is 0.273. The highest BCUT2D eigenvalue weighted by Gasteiger charge is 2.08. The number of aromatic nitrogens is 5. The van der Waals surface area contributed by atoms with Crippen molar-refractivity contribution in [2.75, 3.05) is 0 Å². The Morgan fingerprint density at radius 1 is 1.63 bits per heavy atom. The number of aromatic amines is 1. The molecule has 19 heavy (non-hydrogen) atoms. The first-order valence-electron chi connectivity index (χ1n) is 5.57. The maximum Gasteiger partial charge on any atom is 0.244 e. The van der Waals surface area contributed by atoms with Gasteiger partial charge >= 0.3 is 0 Å². The summed E-state index contributed by atoms with van der Waals surface area (Å²) >= 11 is 6.05.